The van der Waals surface area contributed by atoms with E-state index in [4.69, 9.17) is 9.47 Å². The van der Waals surface area contributed by atoms with Crippen LogP contribution in [0, 0.1) is 0 Å². The van der Waals surface area contributed by atoms with Crippen molar-refractivity contribution in [3.63, 3.8) is 0 Å². The number of rotatable bonds is 5. The number of hydrogen-bond donors (Lipinski definition) is 1. The van der Waals surface area contributed by atoms with E-state index in [0.29, 0.717) is 24.5 Å². The van der Waals surface area contributed by atoms with E-state index >= 15 is 0 Å². The first-order chi connectivity index (χ1) is 12.7. The van der Waals surface area contributed by atoms with Crippen molar-refractivity contribution >= 4 is 17.6 Å². The molecule has 0 saturated heterocycles. The average molecular weight is 369 g/mol. The number of aromatic nitrogens is 4. The Kier molecular flexibility index (Phi) is 4.44. The van der Waals surface area contributed by atoms with Crippen LogP contribution in [0.2, 0.25) is 0 Å². The maximum atomic E-state index is 11.9. The van der Waals surface area contributed by atoms with Crippen LogP contribution in [0.5, 0.6) is 11.6 Å². The molecule has 26 heavy (non-hydrogen) atoms. The molecule has 1 aliphatic rings. The Balaban J connectivity index is 1.41. The number of benzene rings is 1. The van der Waals surface area contributed by atoms with Gasteiger partial charge in [0.05, 0.1) is 37.3 Å². The molecule has 1 atom stereocenters. The standard InChI is InChI=1S/C17H15N5O3S/c1-24-16-5-3-13(20-21-16)10-2-4-15-11(6-10)7-12(25-15)8-18-17(23)14-9-19-26-22-14/h2-6,9,12H,7-8H2,1H3,(H,18,23). The molecule has 8 nitrogen and oxygen atoms in total. The van der Waals surface area contributed by atoms with Gasteiger partial charge in [-0.2, -0.15) is 8.75 Å². The minimum Gasteiger partial charge on any atom is -0.488 e. The lowest BCUT2D eigenvalue weighted by Crippen LogP contribution is -2.34. The van der Waals surface area contributed by atoms with Gasteiger partial charge in [0.1, 0.15) is 11.9 Å². The minimum atomic E-state index is -0.243. The molecular weight excluding hydrogens is 354 g/mol. The van der Waals surface area contributed by atoms with Crippen molar-refractivity contribution in [2.75, 3.05) is 13.7 Å². The Morgan fingerprint density at radius 2 is 2.27 bits per heavy atom. The van der Waals surface area contributed by atoms with E-state index in [1.54, 1.807) is 13.2 Å². The maximum absolute atomic E-state index is 11.9. The molecule has 0 aliphatic carbocycles. The van der Waals surface area contributed by atoms with Crippen LogP contribution in [0.25, 0.3) is 11.3 Å². The molecule has 0 fully saturated rings. The first-order valence-corrected chi connectivity index (χ1v) is 8.69. The number of hydrogen-bond acceptors (Lipinski definition) is 8. The van der Waals surface area contributed by atoms with E-state index < -0.39 is 0 Å². The largest absolute Gasteiger partial charge is 0.488 e. The molecule has 3 heterocycles. The van der Waals surface area contributed by atoms with E-state index in [1.807, 2.05) is 24.3 Å². The van der Waals surface area contributed by atoms with Crippen molar-refractivity contribution in [2.24, 2.45) is 0 Å². The van der Waals surface area contributed by atoms with Crippen molar-refractivity contribution in [1.82, 2.24) is 24.3 Å². The molecule has 9 heteroatoms. The van der Waals surface area contributed by atoms with E-state index in [2.05, 4.69) is 24.3 Å². The highest BCUT2D eigenvalue weighted by Gasteiger charge is 2.24. The van der Waals surface area contributed by atoms with Gasteiger partial charge in [-0.15, -0.1) is 10.2 Å². The van der Waals surface area contributed by atoms with Crippen molar-refractivity contribution in [2.45, 2.75) is 12.5 Å². The molecule has 0 spiro atoms. The summed E-state index contributed by atoms with van der Waals surface area (Å²) in [6.45, 7) is 0.405. The van der Waals surface area contributed by atoms with E-state index in [1.165, 1.54) is 6.20 Å². The van der Waals surface area contributed by atoms with Gasteiger partial charge in [0.25, 0.3) is 5.91 Å². The summed E-state index contributed by atoms with van der Waals surface area (Å²) in [5.41, 5.74) is 3.13. The molecule has 0 saturated carbocycles. The van der Waals surface area contributed by atoms with E-state index in [0.717, 1.165) is 34.3 Å². The monoisotopic (exact) mass is 369 g/mol. The molecule has 1 amide bonds. The fourth-order valence-electron chi connectivity index (χ4n) is 2.74. The summed E-state index contributed by atoms with van der Waals surface area (Å²) >= 11 is 1.01. The Bertz CT molecular complexity index is 915. The number of fused-ring (bicyclic) bond motifs is 1. The lowest BCUT2D eigenvalue weighted by Gasteiger charge is -2.10. The van der Waals surface area contributed by atoms with Gasteiger partial charge < -0.3 is 14.8 Å². The molecule has 1 aromatic carbocycles. The number of methoxy groups -OCH3 is 1. The Labute approximate surface area is 153 Å². The number of amides is 1. The summed E-state index contributed by atoms with van der Waals surface area (Å²) < 4.78 is 18.7. The van der Waals surface area contributed by atoms with Gasteiger partial charge in [0.15, 0.2) is 5.69 Å². The van der Waals surface area contributed by atoms with Gasteiger partial charge in [-0.3, -0.25) is 4.79 Å². The minimum absolute atomic E-state index is 0.113. The highest BCUT2D eigenvalue weighted by Crippen LogP contribution is 2.32. The van der Waals surface area contributed by atoms with Crippen LogP contribution in [0.4, 0.5) is 0 Å². The van der Waals surface area contributed by atoms with Crippen LogP contribution in [0.15, 0.2) is 36.5 Å². The summed E-state index contributed by atoms with van der Waals surface area (Å²) in [4.78, 5) is 11.9. The highest BCUT2D eigenvalue weighted by atomic mass is 32.1. The van der Waals surface area contributed by atoms with Crippen molar-refractivity contribution in [1.29, 1.82) is 0 Å². The molecule has 3 aromatic rings. The number of nitrogens with one attached hydrogen (secondary N) is 1. The first-order valence-electron chi connectivity index (χ1n) is 7.96. The quantitative estimate of drug-likeness (QED) is 0.731. The fraction of sp³-hybridized carbons (Fsp3) is 0.235. The van der Waals surface area contributed by atoms with Crippen LogP contribution in [-0.2, 0) is 6.42 Å². The predicted molar refractivity (Wildman–Crippen MR) is 94.4 cm³/mol. The molecule has 2 aromatic heterocycles. The second-order valence-electron chi connectivity index (χ2n) is 5.73. The summed E-state index contributed by atoms with van der Waals surface area (Å²) in [5, 5.41) is 11.0. The van der Waals surface area contributed by atoms with Crippen molar-refractivity contribution in [3.05, 3.63) is 47.8 Å². The first kappa shape index (κ1) is 16.4. The Morgan fingerprint density at radius 3 is 3.00 bits per heavy atom. The highest BCUT2D eigenvalue weighted by molar-refractivity contribution is 6.99. The van der Waals surface area contributed by atoms with E-state index in [9.17, 15) is 4.79 Å². The van der Waals surface area contributed by atoms with Gasteiger partial charge >= 0.3 is 0 Å². The van der Waals surface area contributed by atoms with Gasteiger partial charge in [0.2, 0.25) is 5.88 Å². The second kappa shape index (κ2) is 7.04. The van der Waals surface area contributed by atoms with Crippen LogP contribution in [0.1, 0.15) is 16.1 Å². The van der Waals surface area contributed by atoms with Crippen molar-refractivity contribution < 1.29 is 14.3 Å². The summed E-state index contributed by atoms with van der Waals surface area (Å²) in [5.74, 6) is 1.06. The average Bonchev–Trinajstić information content (AvgIpc) is 3.35. The summed E-state index contributed by atoms with van der Waals surface area (Å²) in [6, 6.07) is 9.54. The number of carbonyl (C=O) groups excluding carboxylic acids is 1. The van der Waals surface area contributed by atoms with Crippen LogP contribution < -0.4 is 14.8 Å². The molecule has 4 rings (SSSR count). The summed E-state index contributed by atoms with van der Waals surface area (Å²) in [6.07, 6.45) is 2.05. The van der Waals surface area contributed by atoms with E-state index in [-0.39, 0.29) is 12.0 Å². The molecule has 0 radical (unpaired) electrons. The van der Waals surface area contributed by atoms with Gasteiger partial charge in [-0.05, 0) is 29.8 Å². The third-order valence-corrected chi connectivity index (χ3v) is 4.51. The smallest absolute Gasteiger partial charge is 0.272 e. The fourth-order valence-corrected chi connectivity index (χ4v) is 3.15. The molecule has 0 bridgehead atoms. The Morgan fingerprint density at radius 1 is 1.35 bits per heavy atom. The molecule has 1 N–H and O–H groups in total. The predicted octanol–water partition coefficient (Wildman–Crippen LogP) is 1.74. The van der Waals surface area contributed by atoms with Crippen molar-refractivity contribution in [3.8, 4) is 22.9 Å². The van der Waals surface area contributed by atoms with Gasteiger partial charge in [0, 0.05) is 18.1 Å². The second-order valence-corrected chi connectivity index (χ2v) is 6.29. The lowest BCUT2D eigenvalue weighted by atomic mass is 10.0. The van der Waals surface area contributed by atoms with Crippen LogP contribution in [-0.4, -0.2) is 44.6 Å². The van der Waals surface area contributed by atoms with Crippen LogP contribution in [0.3, 0.4) is 0 Å². The van der Waals surface area contributed by atoms with Gasteiger partial charge in [-0.1, -0.05) is 0 Å². The number of ether oxygens (including phenoxy) is 2. The summed E-state index contributed by atoms with van der Waals surface area (Å²) in [7, 11) is 1.56. The zero-order chi connectivity index (χ0) is 17.9. The lowest BCUT2D eigenvalue weighted by molar-refractivity contribution is 0.0929. The SMILES string of the molecule is COc1ccc(-c2ccc3c(c2)CC(CNC(=O)c2cnsn2)O3)nn1. The third-order valence-electron chi connectivity index (χ3n) is 4.03. The van der Waals surface area contributed by atoms with Gasteiger partial charge in [-0.25, -0.2) is 0 Å². The molecular formula is C17H15N5O3S. The normalized spacial score (nSPS) is 15.2. The van der Waals surface area contributed by atoms with Crippen LogP contribution >= 0.6 is 11.7 Å². The maximum Gasteiger partial charge on any atom is 0.272 e. The zero-order valence-electron chi connectivity index (χ0n) is 13.9. The molecule has 132 valence electrons. The topological polar surface area (TPSA) is 99.1 Å². The molecule has 1 unspecified atom stereocenters. The number of carbonyl (C=O) groups is 1. The number of nitrogens with zero attached hydrogens (tertiary/aromatic N) is 4. The molecule has 1 aliphatic heterocycles. The zero-order valence-corrected chi connectivity index (χ0v) is 14.7. The third kappa shape index (κ3) is 3.33. The Hall–Kier alpha value is -3.07.